The van der Waals surface area contributed by atoms with Gasteiger partial charge < -0.3 is 15.4 Å². The molecule has 1 aliphatic heterocycles. The van der Waals surface area contributed by atoms with Crippen molar-refractivity contribution >= 4 is 17.6 Å². The molecule has 0 radical (unpaired) electrons. The second-order valence-corrected chi connectivity index (χ2v) is 5.00. The lowest BCUT2D eigenvalue weighted by molar-refractivity contribution is -0.121. The predicted molar refractivity (Wildman–Crippen MR) is 72.0 cm³/mol. The Hall–Kier alpha value is -1.95. The molecule has 6 heteroatoms. The van der Waals surface area contributed by atoms with Gasteiger partial charge in [0.25, 0.3) is 0 Å². The van der Waals surface area contributed by atoms with Gasteiger partial charge in [-0.05, 0) is 44.5 Å². The fraction of sp³-hybridized carbons (Fsp3) is 0.429. The smallest absolute Gasteiger partial charge is 0.340 e. The summed E-state index contributed by atoms with van der Waals surface area (Å²) < 4.78 is 17.8. The van der Waals surface area contributed by atoms with Crippen LogP contribution in [0, 0.1) is 5.82 Å². The molecule has 0 aliphatic carbocycles. The molecule has 1 atom stereocenters. The normalized spacial score (nSPS) is 21.6. The average Bonchev–Trinajstić information content (AvgIpc) is 2.88. The number of benzene rings is 1. The van der Waals surface area contributed by atoms with Crippen LogP contribution in [0.3, 0.4) is 0 Å². The molecule has 20 heavy (non-hydrogen) atoms. The van der Waals surface area contributed by atoms with Gasteiger partial charge in [-0.15, -0.1) is 0 Å². The molecule has 1 aromatic rings. The number of hydrogen-bond acceptors (Lipinski definition) is 4. The Morgan fingerprint density at radius 3 is 2.80 bits per heavy atom. The molecular formula is C14H17FN2O3. The van der Waals surface area contributed by atoms with Gasteiger partial charge in [-0.2, -0.15) is 0 Å². The summed E-state index contributed by atoms with van der Waals surface area (Å²) in [5.74, 6) is -1.50. The first-order valence-corrected chi connectivity index (χ1v) is 6.40. The SMILES string of the molecule is COC(=O)c1cc(F)ccc1NC(=O)C1(C)CCCN1. The van der Waals surface area contributed by atoms with Crippen molar-refractivity contribution in [3.8, 4) is 0 Å². The molecular weight excluding hydrogens is 263 g/mol. The van der Waals surface area contributed by atoms with Crippen molar-refractivity contribution in [1.29, 1.82) is 0 Å². The number of halogens is 1. The van der Waals surface area contributed by atoms with Crippen molar-refractivity contribution in [2.75, 3.05) is 19.0 Å². The quantitative estimate of drug-likeness (QED) is 0.827. The number of methoxy groups -OCH3 is 1. The van der Waals surface area contributed by atoms with E-state index in [0.29, 0.717) is 6.42 Å². The number of hydrogen-bond donors (Lipinski definition) is 2. The van der Waals surface area contributed by atoms with Gasteiger partial charge in [0, 0.05) is 0 Å². The molecule has 1 aliphatic rings. The second kappa shape index (κ2) is 5.58. The number of esters is 1. The molecule has 0 saturated carbocycles. The Balaban J connectivity index is 2.25. The van der Waals surface area contributed by atoms with E-state index in [0.717, 1.165) is 19.0 Å². The van der Waals surface area contributed by atoms with Crippen molar-refractivity contribution in [3.63, 3.8) is 0 Å². The Bertz CT molecular complexity index is 539. The van der Waals surface area contributed by atoms with Gasteiger partial charge in [-0.3, -0.25) is 4.79 Å². The van der Waals surface area contributed by atoms with E-state index < -0.39 is 17.3 Å². The van der Waals surface area contributed by atoms with Crippen LogP contribution in [-0.4, -0.2) is 31.1 Å². The number of nitrogens with one attached hydrogen (secondary N) is 2. The van der Waals surface area contributed by atoms with Crippen LogP contribution in [0.15, 0.2) is 18.2 Å². The summed E-state index contributed by atoms with van der Waals surface area (Å²) in [6, 6.07) is 3.59. The number of anilines is 1. The summed E-state index contributed by atoms with van der Waals surface area (Å²) in [5.41, 5.74) is -0.414. The molecule has 0 spiro atoms. The Morgan fingerprint density at radius 1 is 1.45 bits per heavy atom. The van der Waals surface area contributed by atoms with Crippen LogP contribution in [0.25, 0.3) is 0 Å². The van der Waals surface area contributed by atoms with Gasteiger partial charge in [-0.25, -0.2) is 9.18 Å². The highest BCUT2D eigenvalue weighted by Crippen LogP contribution is 2.23. The molecule has 1 fully saturated rings. The molecule has 1 amide bonds. The molecule has 1 aromatic carbocycles. The van der Waals surface area contributed by atoms with Crippen molar-refractivity contribution in [3.05, 3.63) is 29.6 Å². The second-order valence-electron chi connectivity index (χ2n) is 5.00. The van der Waals surface area contributed by atoms with Gasteiger partial charge in [0.2, 0.25) is 5.91 Å². The monoisotopic (exact) mass is 280 g/mol. The van der Waals surface area contributed by atoms with Gasteiger partial charge in [0.15, 0.2) is 0 Å². The van der Waals surface area contributed by atoms with Crippen molar-refractivity contribution in [1.82, 2.24) is 5.32 Å². The van der Waals surface area contributed by atoms with E-state index in [9.17, 15) is 14.0 Å². The van der Waals surface area contributed by atoms with Gasteiger partial charge in [-0.1, -0.05) is 0 Å². The van der Waals surface area contributed by atoms with E-state index in [1.807, 2.05) is 0 Å². The van der Waals surface area contributed by atoms with Gasteiger partial charge in [0.1, 0.15) is 5.82 Å². The zero-order valence-corrected chi connectivity index (χ0v) is 11.5. The van der Waals surface area contributed by atoms with Gasteiger partial charge >= 0.3 is 5.97 Å². The average molecular weight is 280 g/mol. The first-order chi connectivity index (χ1) is 9.46. The minimum absolute atomic E-state index is 0.00227. The van der Waals surface area contributed by atoms with Crippen LogP contribution in [0.4, 0.5) is 10.1 Å². The molecule has 2 N–H and O–H groups in total. The van der Waals surface area contributed by atoms with Crippen LogP contribution in [0.1, 0.15) is 30.1 Å². The third kappa shape index (κ3) is 2.80. The minimum Gasteiger partial charge on any atom is -0.465 e. The third-order valence-corrected chi connectivity index (χ3v) is 3.50. The topological polar surface area (TPSA) is 67.4 Å². The molecule has 2 rings (SSSR count). The summed E-state index contributed by atoms with van der Waals surface area (Å²) in [6.07, 6.45) is 1.63. The predicted octanol–water partition coefficient (Wildman–Crippen LogP) is 1.69. The number of ether oxygens (including phenoxy) is 1. The number of rotatable bonds is 3. The highest BCUT2D eigenvalue weighted by molar-refractivity contribution is 6.04. The summed E-state index contributed by atoms with van der Waals surface area (Å²) in [6.45, 7) is 2.58. The third-order valence-electron chi connectivity index (χ3n) is 3.50. The first-order valence-electron chi connectivity index (χ1n) is 6.40. The van der Waals surface area contributed by atoms with Crippen molar-refractivity contribution in [2.24, 2.45) is 0 Å². The fourth-order valence-corrected chi connectivity index (χ4v) is 2.25. The van der Waals surface area contributed by atoms with E-state index in [2.05, 4.69) is 15.4 Å². The molecule has 1 saturated heterocycles. The molecule has 1 unspecified atom stereocenters. The molecule has 0 aromatic heterocycles. The lowest BCUT2D eigenvalue weighted by Crippen LogP contribution is -2.48. The zero-order valence-electron chi connectivity index (χ0n) is 11.5. The number of carbonyl (C=O) groups is 2. The molecule has 108 valence electrons. The first kappa shape index (κ1) is 14.5. The summed E-state index contributed by atoms with van der Waals surface area (Å²) in [4.78, 5) is 23.9. The van der Waals surface area contributed by atoms with E-state index in [1.165, 1.54) is 19.2 Å². The Labute approximate surface area is 116 Å². The molecule has 1 heterocycles. The van der Waals surface area contributed by atoms with Crippen molar-refractivity contribution < 1.29 is 18.7 Å². The molecule has 5 nitrogen and oxygen atoms in total. The maximum Gasteiger partial charge on any atom is 0.340 e. The standard InChI is InChI=1S/C14H17FN2O3/c1-14(6-3-7-16-14)13(19)17-11-5-4-9(15)8-10(11)12(18)20-2/h4-5,8,16H,3,6-7H2,1-2H3,(H,17,19). The largest absolute Gasteiger partial charge is 0.465 e. The highest BCUT2D eigenvalue weighted by Gasteiger charge is 2.36. The lowest BCUT2D eigenvalue weighted by atomic mass is 9.99. The number of carbonyl (C=O) groups excluding carboxylic acids is 2. The number of amides is 1. The van der Waals surface area contributed by atoms with Crippen LogP contribution >= 0.6 is 0 Å². The molecule has 0 bridgehead atoms. The van der Waals surface area contributed by atoms with Crippen LogP contribution in [0.2, 0.25) is 0 Å². The summed E-state index contributed by atoms with van der Waals surface area (Å²) in [5, 5.41) is 5.79. The van der Waals surface area contributed by atoms with E-state index in [1.54, 1.807) is 6.92 Å². The fourth-order valence-electron chi connectivity index (χ4n) is 2.25. The summed E-state index contributed by atoms with van der Waals surface area (Å²) >= 11 is 0. The van der Waals surface area contributed by atoms with Crippen LogP contribution < -0.4 is 10.6 Å². The van der Waals surface area contributed by atoms with Crippen molar-refractivity contribution in [2.45, 2.75) is 25.3 Å². The van der Waals surface area contributed by atoms with E-state index >= 15 is 0 Å². The maximum absolute atomic E-state index is 13.2. The van der Waals surface area contributed by atoms with E-state index in [-0.39, 0.29) is 17.2 Å². The highest BCUT2D eigenvalue weighted by atomic mass is 19.1. The Kier molecular flexibility index (Phi) is 4.04. The van der Waals surface area contributed by atoms with E-state index in [4.69, 9.17) is 0 Å². The van der Waals surface area contributed by atoms with Gasteiger partial charge in [0.05, 0.1) is 23.9 Å². The van der Waals surface area contributed by atoms with Crippen LogP contribution in [-0.2, 0) is 9.53 Å². The maximum atomic E-state index is 13.2. The zero-order chi connectivity index (χ0) is 14.8. The lowest BCUT2D eigenvalue weighted by Gasteiger charge is -2.23. The Morgan fingerprint density at radius 2 is 2.20 bits per heavy atom. The van der Waals surface area contributed by atoms with Crippen LogP contribution in [0.5, 0.6) is 0 Å². The summed E-state index contributed by atoms with van der Waals surface area (Å²) in [7, 11) is 1.21. The minimum atomic E-state index is -0.690.